The molecule has 1 saturated carbocycles. The van der Waals surface area contributed by atoms with Crippen LogP contribution in [-0.2, 0) is 4.79 Å². The van der Waals surface area contributed by atoms with Crippen molar-refractivity contribution in [2.45, 2.75) is 19.8 Å². The lowest BCUT2D eigenvalue weighted by molar-refractivity contribution is -0.142. The fourth-order valence-corrected chi connectivity index (χ4v) is 3.01. The Labute approximate surface area is 108 Å². The number of hydrogen-bond acceptors (Lipinski definition) is 2. The monoisotopic (exact) mass is 293 g/mol. The minimum Gasteiger partial charge on any atom is -0.480 e. The van der Waals surface area contributed by atoms with E-state index in [0.29, 0.717) is 0 Å². The Balaban J connectivity index is 2.46. The second kappa shape index (κ2) is 3.58. The topological polar surface area (TPSA) is 61.1 Å². The van der Waals surface area contributed by atoms with Gasteiger partial charge in [0.15, 0.2) is 5.41 Å². The van der Waals surface area contributed by atoms with Crippen molar-refractivity contribution in [1.82, 2.24) is 0 Å². The van der Waals surface area contributed by atoms with Gasteiger partial charge < -0.3 is 5.11 Å². The van der Waals surface area contributed by atoms with Crippen LogP contribution < -0.4 is 0 Å². The molecule has 0 saturated heterocycles. The van der Waals surface area contributed by atoms with Crippen LogP contribution in [0.1, 0.15) is 25.3 Å². The predicted molar refractivity (Wildman–Crippen MR) is 66.3 cm³/mol. The minimum absolute atomic E-state index is 0.245. The second-order valence-electron chi connectivity index (χ2n) is 4.93. The second-order valence-corrected chi connectivity index (χ2v) is 5.85. The third-order valence-corrected chi connectivity index (χ3v) is 4.33. The minimum atomic E-state index is -1.29. The molecule has 2 unspecified atom stereocenters. The first-order valence-electron chi connectivity index (χ1n) is 5.28. The molecule has 88 valence electrons. The van der Waals surface area contributed by atoms with Crippen molar-refractivity contribution in [1.29, 1.82) is 5.26 Å². The molecule has 1 aromatic rings. The third-order valence-electron chi connectivity index (χ3n) is 3.80. The summed E-state index contributed by atoms with van der Waals surface area (Å²) in [5.74, 6) is -1.27. The molecule has 4 heteroatoms. The van der Waals surface area contributed by atoms with Gasteiger partial charge in [0.1, 0.15) is 0 Å². The van der Waals surface area contributed by atoms with Gasteiger partial charge in [-0.3, -0.25) is 4.79 Å². The zero-order valence-corrected chi connectivity index (χ0v) is 11.2. The van der Waals surface area contributed by atoms with Crippen LogP contribution in [0.2, 0.25) is 0 Å². The van der Waals surface area contributed by atoms with Gasteiger partial charge in [-0.15, -0.1) is 0 Å². The van der Waals surface area contributed by atoms with Crippen LogP contribution in [0.3, 0.4) is 0 Å². The van der Waals surface area contributed by atoms with Crippen molar-refractivity contribution < 1.29 is 9.90 Å². The molecule has 1 aliphatic rings. The Morgan fingerprint density at radius 3 is 2.29 bits per heavy atom. The fourth-order valence-electron chi connectivity index (χ4n) is 2.74. The highest BCUT2D eigenvalue weighted by Crippen LogP contribution is 2.73. The van der Waals surface area contributed by atoms with Gasteiger partial charge in [-0.25, -0.2) is 0 Å². The summed E-state index contributed by atoms with van der Waals surface area (Å²) >= 11 is 3.34. The quantitative estimate of drug-likeness (QED) is 0.911. The van der Waals surface area contributed by atoms with Crippen LogP contribution in [0, 0.1) is 22.2 Å². The highest BCUT2D eigenvalue weighted by molar-refractivity contribution is 9.10. The molecule has 0 heterocycles. The molecule has 0 radical (unpaired) electrons. The number of hydrogen-bond donors (Lipinski definition) is 1. The molecule has 3 nitrogen and oxygen atoms in total. The molecule has 1 aliphatic carbocycles. The number of nitrogens with zero attached hydrogens (tertiary/aromatic N) is 1. The van der Waals surface area contributed by atoms with Crippen molar-refractivity contribution in [3.63, 3.8) is 0 Å². The van der Waals surface area contributed by atoms with Crippen LogP contribution in [-0.4, -0.2) is 11.1 Å². The lowest BCUT2D eigenvalue weighted by Gasteiger charge is -2.03. The zero-order chi connectivity index (χ0) is 12.8. The molecule has 1 aromatic carbocycles. The molecular formula is C13H12BrNO2. The summed E-state index contributed by atoms with van der Waals surface area (Å²) in [5.41, 5.74) is -0.912. The molecule has 1 N–H and O–H groups in total. The van der Waals surface area contributed by atoms with Gasteiger partial charge >= 0.3 is 5.97 Å². The van der Waals surface area contributed by atoms with Crippen molar-refractivity contribution in [2.24, 2.45) is 10.8 Å². The summed E-state index contributed by atoms with van der Waals surface area (Å²) in [4.78, 5) is 11.3. The summed E-state index contributed by atoms with van der Waals surface area (Å²) in [6.07, 6.45) is 0. The number of benzene rings is 1. The molecule has 0 spiro atoms. The number of carboxylic acid groups (broad SMARTS) is 1. The predicted octanol–water partition coefficient (Wildman–Crippen LogP) is 3.17. The van der Waals surface area contributed by atoms with Crippen LogP contribution in [0.5, 0.6) is 0 Å². The largest absolute Gasteiger partial charge is 0.480 e. The van der Waals surface area contributed by atoms with Gasteiger partial charge in [0, 0.05) is 15.8 Å². The molecule has 2 rings (SSSR count). The van der Waals surface area contributed by atoms with Crippen molar-refractivity contribution in [2.75, 3.05) is 0 Å². The van der Waals surface area contributed by atoms with E-state index in [1.54, 1.807) is 0 Å². The smallest absolute Gasteiger partial charge is 0.325 e. The van der Waals surface area contributed by atoms with E-state index in [-0.39, 0.29) is 5.92 Å². The van der Waals surface area contributed by atoms with E-state index < -0.39 is 16.8 Å². The third kappa shape index (κ3) is 1.42. The number of carbonyl (C=O) groups is 1. The summed E-state index contributed by atoms with van der Waals surface area (Å²) in [6, 6.07) is 9.48. The van der Waals surface area contributed by atoms with E-state index >= 15 is 0 Å². The Hall–Kier alpha value is -1.34. The highest BCUT2D eigenvalue weighted by Gasteiger charge is 2.77. The van der Waals surface area contributed by atoms with Crippen molar-refractivity contribution in [3.8, 4) is 6.07 Å². The zero-order valence-electron chi connectivity index (χ0n) is 9.57. The van der Waals surface area contributed by atoms with Gasteiger partial charge in [-0.05, 0) is 17.7 Å². The average molecular weight is 294 g/mol. The molecule has 0 aliphatic heterocycles. The van der Waals surface area contributed by atoms with Gasteiger partial charge in [-0.2, -0.15) is 5.26 Å². The normalized spacial score (nSPS) is 29.4. The summed E-state index contributed by atoms with van der Waals surface area (Å²) < 4.78 is 0.942. The molecule has 0 amide bonds. The van der Waals surface area contributed by atoms with Crippen LogP contribution in [0.25, 0.3) is 0 Å². The van der Waals surface area contributed by atoms with E-state index in [1.165, 1.54) is 0 Å². The van der Waals surface area contributed by atoms with Crippen LogP contribution in [0.4, 0.5) is 0 Å². The Kier molecular flexibility index (Phi) is 2.55. The van der Waals surface area contributed by atoms with Crippen LogP contribution in [0.15, 0.2) is 28.7 Å². The van der Waals surface area contributed by atoms with E-state index in [1.807, 2.05) is 44.2 Å². The van der Waals surface area contributed by atoms with E-state index in [2.05, 4.69) is 15.9 Å². The maximum Gasteiger partial charge on any atom is 0.325 e. The van der Waals surface area contributed by atoms with Gasteiger partial charge in [-0.1, -0.05) is 41.9 Å². The molecule has 0 bridgehead atoms. The van der Waals surface area contributed by atoms with Gasteiger partial charge in [0.05, 0.1) is 6.07 Å². The molecular weight excluding hydrogens is 282 g/mol. The Morgan fingerprint density at radius 1 is 1.41 bits per heavy atom. The van der Waals surface area contributed by atoms with Crippen molar-refractivity contribution >= 4 is 21.9 Å². The SMILES string of the molecule is CC1(C)C(c2ccc(Br)cc2)C1(C#N)C(=O)O. The average Bonchev–Trinajstić information content (AvgIpc) is 2.77. The number of nitriles is 1. The fraction of sp³-hybridized carbons (Fsp3) is 0.385. The van der Waals surface area contributed by atoms with Gasteiger partial charge in [0.2, 0.25) is 0 Å². The molecule has 1 fully saturated rings. The highest BCUT2D eigenvalue weighted by atomic mass is 79.9. The summed E-state index contributed by atoms with van der Waals surface area (Å²) in [5, 5.41) is 18.5. The maximum atomic E-state index is 11.3. The maximum absolute atomic E-state index is 11.3. The molecule has 0 aromatic heterocycles. The number of aliphatic carboxylic acids is 1. The number of carboxylic acids is 1. The summed E-state index contributed by atoms with van der Waals surface area (Å²) in [7, 11) is 0. The number of halogens is 1. The Morgan fingerprint density at radius 2 is 1.94 bits per heavy atom. The van der Waals surface area contributed by atoms with E-state index in [9.17, 15) is 15.2 Å². The lowest BCUT2D eigenvalue weighted by atomic mass is 9.98. The van der Waals surface area contributed by atoms with Gasteiger partial charge in [0.25, 0.3) is 0 Å². The first-order chi connectivity index (χ1) is 7.88. The lowest BCUT2D eigenvalue weighted by Crippen LogP contribution is -2.19. The summed E-state index contributed by atoms with van der Waals surface area (Å²) in [6.45, 7) is 3.66. The Bertz CT molecular complexity index is 515. The number of rotatable bonds is 2. The molecule has 2 atom stereocenters. The first-order valence-corrected chi connectivity index (χ1v) is 6.07. The first kappa shape index (κ1) is 12.1. The van der Waals surface area contributed by atoms with Crippen molar-refractivity contribution in [3.05, 3.63) is 34.3 Å². The molecule has 17 heavy (non-hydrogen) atoms. The standard InChI is InChI=1S/C13H12BrNO2/c1-12(2)10(13(12,7-15)11(16)17)8-3-5-9(14)6-4-8/h3-6,10H,1-2H3,(H,16,17). The van der Waals surface area contributed by atoms with Crippen LogP contribution >= 0.6 is 15.9 Å². The van der Waals surface area contributed by atoms with E-state index in [4.69, 9.17) is 0 Å². The van der Waals surface area contributed by atoms with E-state index in [0.717, 1.165) is 10.0 Å².